The third-order valence-electron chi connectivity index (χ3n) is 3.18. The Morgan fingerprint density at radius 1 is 1.69 bits per heavy atom. The number of carboxylic acid groups (broad SMARTS) is 1. The summed E-state index contributed by atoms with van der Waals surface area (Å²) in [4.78, 5) is 26.3. The van der Waals surface area contributed by atoms with E-state index in [1.165, 1.54) is 0 Å². The van der Waals surface area contributed by atoms with Crippen molar-refractivity contribution < 1.29 is 14.7 Å². The first-order chi connectivity index (χ1) is 7.47. The van der Waals surface area contributed by atoms with Crippen LogP contribution in [0.15, 0.2) is 0 Å². The molecule has 0 aromatic carbocycles. The molecule has 1 heterocycles. The minimum atomic E-state index is -0.808. The van der Waals surface area contributed by atoms with Crippen LogP contribution in [0.4, 0.5) is 0 Å². The molecule has 1 fully saturated rings. The van der Waals surface area contributed by atoms with E-state index < -0.39 is 11.9 Å². The minimum Gasteiger partial charge on any atom is -0.481 e. The van der Waals surface area contributed by atoms with Gasteiger partial charge in [0, 0.05) is 20.1 Å². The summed E-state index contributed by atoms with van der Waals surface area (Å²) in [6.07, 6.45) is 0.801. The Morgan fingerprint density at radius 3 is 2.69 bits per heavy atom. The number of hydrogen-bond acceptors (Lipinski definition) is 3. The number of likely N-dealkylation sites (N-methyl/N-ethyl adjacent to an activating group) is 2. The SMILES string of the molecule is CCN(CC(C)C(=O)O)C1CCN(C)C1=O. The molecule has 2 unspecified atom stereocenters. The lowest BCUT2D eigenvalue weighted by atomic mass is 10.1. The molecule has 0 aliphatic carbocycles. The number of carboxylic acids is 1. The number of carbonyl (C=O) groups excluding carboxylic acids is 1. The van der Waals surface area contributed by atoms with Gasteiger partial charge in [-0.1, -0.05) is 13.8 Å². The first-order valence-corrected chi connectivity index (χ1v) is 5.69. The van der Waals surface area contributed by atoms with Crippen molar-refractivity contribution in [2.45, 2.75) is 26.3 Å². The molecule has 0 spiro atoms. The van der Waals surface area contributed by atoms with E-state index in [1.54, 1.807) is 18.9 Å². The Balaban J connectivity index is 2.61. The number of rotatable bonds is 5. The number of carbonyl (C=O) groups is 2. The maximum atomic E-state index is 11.8. The fraction of sp³-hybridized carbons (Fsp3) is 0.818. The highest BCUT2D eigenvalue weighted by atomic mass is 16.4. The molecule has 0 aromatic heterocycles. The number of likely N-dealkylation sites (tertiary alicyclic amines) is 1. The second kappa shape index (κ2) is 5.30. The molecule has 1 rings (SSSR count). The second-order valence-corrected chi connectivity index (χ2v) is 4.39. The Morgan fingerprint density at radius 2 is 2.31 bits per heavy atom. The number of nitrogens with zero attached hydrogens (tertiary/aromatic N) is 2. The van der Waals surface area contributed by atoms with Gasteiger partial charge in [0.1, 0.15) is 0 Å². The van der Waals surface area contributed by atoms with Crippen molar-refractivity contribution in [1.29, 1.82) is 0 Å². The van der Waals surface area contributed by atoms with Gasteiger partial charge in [-0.3, -0.25) is 14.5 Å². The topological polar surface area (TPSA) is 60.9 Å². The van der Waals surface area contributed by atoms with Gasteiger partial charge in [0.2, 0.25) is 5.91 Å². The molecule has 1 aliphatic rings. The van der Waals surface area contributed by atoms with Crippen molar-refractivity contribution in [2.24, 2.45) is 5.92 Å². The minimum absolute atomic E-state index is 0.111. The van der Waals surface area contributed by atoms with Crippen LogP contribution in [0.3, 0.4) is 0 Å². The van der Waals surface area contributed by atoms with E-state index in [0.717, 1.165) is 13.0 Å². The van der Waals surface area contributed by atoms with Crippen LogP contribution in [0.2, 0.25) is 0 Å². The van der Waals surface area contributed by atoms with Crippen LogP contribution < -0.4 is 0 Å². The maximum absolute atomic E-state index is 11.8. The van der Waals surface area contributed by atoms with Crippen LogP contribution in [0.1, 0.15) is 20.3 Å². The first-order valence-electron chi connectivity index (χ1n) is 5.69. The van der Waals surface area contributed by atoms with E-state index in [4.69, 9.17) is 5.11 Å². The Kier molecular flexibility index (Phi) is 4.29. The molecule has 1 saturated heterocycles. The molecule has 5 heteroatoms. The summed E-state index contributed by atoms with van der Waals surface area (Å²) in [7, 11) is 1.79. The standard InChI is InChI=1S/C11H20N2O3/c1-4-13(7-8(2)11(15)16)9-5-6-12(3)10(9)14/h8-9H,4-7H2,1-3H3,(H,15,16). The van der Waals surface area contributed by atoms with Gasteiger partial charge in [0.15, 0.2) is 0 Å². The predicted octanol–water partition coefficient (Wildman–Crippen LogP) is 0.260. The molecular weight excluding hydrogens is 208 g/mol. The summed E-state index contributed by atoms with van der Waals surface area (Å²) in [6, 6.07) is -0.128. The predicted molar refractivity (Wildman–Crippen MR) is 60.1 cm³/mol. The third-order valence-corrected chi connectivity index (χ3v) is 3.18. The summed E-state index contributed by atoms with van der Waals surface area (Å²) in [6.45, 7) is 5.55. The summed E-state index contributed by atoms with van der Waals surface area (Å²) in [5.41, 5.74) is 0. The summed E-state index contributed by atoms with van der Waals surface area (Å²) in [5, 5.41) is 8.87. The number of hydrogen-bond donors (Lipinski definition) is 1. The monoisotopic (exact) mass is 228 g/mol. The van der Waals surface area contributed by atoms with Gasteiger partial charge >= 0.3 is 5.97 Å². The Labute approximate surface area is 96.0 Å². The van der Waals surface area contributed by atoms with Crippen molar-refractivity contribution in [2.75, 3.05) is 26.7 Å². The zero-order chi connectivity index (χ0) is 12.3. The van der Waals surface area contributed by atoms with E-state index in [2.05, 4.69) is 0 Å². The van der Waals surface area contributed by atoms with Crippen molar-refractivity contribution in [3.8, 4) is 0 Å². The lowest BCUT2D eigenvalue weighted by molar-refractivity contribution is -0.143. The molecular formula is C11H20N2O3. The van der Waals surface area contributed by atoms with E-state index in [1.807, 2.05) is 11.8 Å². The van der Waals surface area contributed by atoms with Gasteiger partial charge in [0.05, 0.1) is 12.0 Å². The summed E-state index contributed by atoms with van der Waals surface area (Å²) < 4.78 is 0. The van der Waals surface area contributed by atoms with Gasteiger partial charge < -0.3 is 10.0 Å². The van der Waals surface area contributed by atoms with Crippen molar-refractivity contribution in [3.63, 3.8) is 0 Å². The zero-order valence-corrected chi connectivity index (χ0v) is 10.1. The molecule has 0 saturated carbocycles. The van der Waals surface area contributed by atoms with Gasteiger partial charge in [-0.2, -0.15) is 0 Å². The Hall–Kier alpha value is -1.10. The smallest absolute Gasteiger partial charge is 0.307 e. The maximum Gasteiger partial charge on any atom is 0.307 e. The van der Waals surface area contributed by atoms with Crippen LogP contribution in [0.5, 0.6) is 0 Å². The van der Waals surface area contributed by atoms with Crippen molar-refractivity contribution in [3.05, 3.63) is 0 Å². The lowest BCUT2D eigenvalue weighted by Gasteiger charge is -2.27. The van der Waals surface area contributed by atoms with Gasteiger partial charge in [0.25, 0.3) is 0 Å². The zero-order valence-electron chi connectivity index (χ0n) is 10.1. The number of amides is 1. The van der Waals surface area contributed by atoms with Crippen molar-refractivity contribution >= 4 is 11.9 Å². The molecule has 2 atom stereocenters. The normalized spacial score (nSPS) is 22.9. The molecule has 92 valence electrons. The van der Waals surface area contributed by atoms with Gasteiger partial charge in [-0.15, -0.1) is 0 Å². The molecule has 1 N–H and O–H groups in total. The molecule has 5 nitrogen and oxygen atoms in total. The van der Waals surface area contributed by atoms with Gasteiger partial charge in [-0.25, -0.2) is 0 Å². The van der Waals surface area contributed by atoms with Crippen molar-refractivity contribution in [1.82, 2.24) is 9.80 Å². The number of aliphatic carboxylic acids is 1. The summed E-state index contributed by atoms with van der Waals surface area (Å²) >= 11 is 0. The quantitative estimate of drug-likeness (QED) is 0.733. The van der Waals surface area contributed by atoms with Crippen LogP contribution >= 0.6 is 0 Å². The molecule has 1 amide bonds. The van der Waals surface area contributed by atoms with E-state index in [0.29, 0.717) is 13.1 Å². The molecule has 0 aromatic rings. The largest absolute Gasteiger partial charge is 0.481 e. The second-order valence-electron chi connectivity index (χ2n) is 4.39. The van der Waals surface area contributed by atoms with Crippen LogP contribution in [-0.2, 0) is 9.59 Å². The highest BCUT2D eigenvalue weighted by Gasteiger charge is 2.34. The molecule has 16 heavy (non-hydrogen) atoms. The fourth-order valence-corrected chi connectivity index (χ4v) is 2.05. The van der Waals surface area contributed by atoms with E-state index in [-0.39, 0.29) is 11.9 Å². The lowest BCUT2D eigenvalue weighted by Crippen LogP contribution is -2.44. The molecule has 0 bridgehead atoms. The third kappa shape index (κ3) is 2.72. The van der Waals surface area contributed by atoms with Crippen LogP contribution in [-0.4, -0.2) is 59.5 Å². The van der Waals surface area contributed by atoms with Gasteiger partial charge in [-0.05, 0) is 13.0 Å². The fourth-order valence-electron chi connectivity index (χ4n) is 2.05. The average Bonchev–Trinajstić information content (AvgIpc) is 2.56. The highest BCUT2D eigenvalue weighted by Crippen LogP contribution is 2.17. The summed E-state index contributed by atoms with van der Waals surface area (Å²) in [5.74, 6) is -1.13. The average molecular weight is 228 g/mol. The van der Waals surface area contributed by atoms with E-state index in [9.17, 15) is 9.59 Å². The van der Waals surface area contributed by atoms with Crippen LogP contribution in [0, 0.1) is 5.92 Å². The highest BCUT2D eigenvalue weighted by molar-refractivity contribution is 5.83. The molecule has 1 aliphatic heterocycles. The van der Waals surface area contributed by atoms with Crippen LogP contribution in [0.25, 0.3) is 0 Å². The Bertz CT molecular complexity index is 280. The molecule has 0 radical (unpaired) electrons. The van der Waals surface area contributed by atoms with E-state index >= 15 is 0 Å². The first kappa shape index (κ1) is 13.0.